The number of hydrogen-bond donors (Lipinski definition) is 1. The number of carbonyl (C=O) groups excluding carboxylic acids is 1. The van der Waals surface area contributed by atoms with E-state index < -0.39 is 23.5 Å². The molecule has 0 saturated carbocycles. The van der Waals surface area contributed by atoms with E-state index in [0.717, 1.165) is 44.3 Å². The second-order valence-corrected chi connectivity index (χ2v) is 7.98. The summed E-state index contributed by atoms with van der Waals surface area (Å²) >= 11 is 0. The predicted molar refractivity (Wildman–Crippen MR) is 106 cm³/mol. The van der Waals surface area contributed by atoms with Crippen molar-refractivity contribution in [2.24, 2.45) is 5.92 Å². The molecule has 1 aromatic carbocycles. The summed E-state index contributed by atoms with van der Waals surface area (Å²) in [4.78, 5) is 23.2. The second kappa shape index (κ2) is 11.6. The number of carbonyl (C=O) groups is 2. The minimum atomic E-state index is -0.916. The Morgan fingerprint density at radius 2 is 1.59 bits per heavy atom. The second-order valence-electron chi connectivity index (χ2n) is 7.98. The van der Waals surface area contributed by atoms with Gasteiger partial charge < -0.3 is 14.6 Å². The number of rotatable bonds is 12. The molecule has 0 aliphatic carbocycles. The molecule has 0 aliphatic rings. The van der Waals surface area contributed by atoms with Gasteiger partial charge in [0.25, 0.3) is 0 Å². The molecular weight excluding hydrogens is 344 g/mol. The smallest absolute Gasteiger partial charge is 0.307 e. The Morgan fingerprint density at radius 1 is 1.00 bits per heavy atom. The standard InChI is InChI=1S/C22H34O5/c1-22(2,3)27-20(23)16-18(21(24)25)11-9-7-5-6-8-10-17-12-14-19(26-4)15-13-17/h12-15,18H,5-11,16H2,1-4H3,(H,24,25)/t18-/m1/s1. The first-order valence-electron chi connectivity index (χ1n) is 9.79. The zero-order valence-electron chi connectivity index (χ0n) is 17.1. The Hall–Kier alpha value is -2.04. The van der Waals surface area contributed by atoms with E-state index in [1.807, 2.05) is 12.1 Å². The third kappa shape index (κ3) is 10.6. The SMILES string of the molecule is COc1ccc(CCCCCCC[C@H](CC(=O)OC(C)(C)C)C(=O)O)cc1. The molecule has 0 unspecified atom stereocenters. The van der Waals surface area contributed by atoms with Crippen LogP contribution in [-0.4, -0.2) is 29.8 Å². The van der Waals surface area contributed by atoms with Gasteiger partial charge in [-0.3, -0.25) is 9.59 Å². The predicted octanol–water partition coefficient (Wildman–Crippen LogP) is 5.01. The summed E-state index contributed by atoms with van der Waals surface area (Å²) < 4.78 is 10.4. The fourth-order valence-corrected chi connectivity index (χ4v) is 2.94. The van der Waals surface area contributed by atoms with E-state index in [9.17, 15) is 14.7 Å². The van der Waals surface area contributed by atoms with Crippen molar-refractivity contribution >= 4 is 11.9 Å². The van der Waals surface area contributed by atoms with Gasteiger partial charge in [0.15, 0.2) is 0 Å². The van der Waals surface area contributed by atoms with Gasteiger partial charge in [-0.2, -0.15) is 0 Å². The van der Waals surface area contributed by atoms with Crippen LogP contribution in [0.15, 0.2) is 24.3 Å². The van der Waals surface area contributed by atoms with Gasteiger partial charge >= 0.3 is 11.9 Å². The van der Waals surface area contributed by atoms with Crippen molar-refractivity contribution in [3.63, 3.8) is 0 Å². The molecule has 5 heteroatoms. The minimum absolute atomic E-state index is 0.0515. The Kier molecular flexibility index (Phi) is 9.90. The van der Waals surface area contributed by atoms with Crippen LogP contribution in [0, 0.1) is 5.92 Å². The highest BCUT2D eigenvalue weighted by Crippen LogP contribution is 2.19. The molecule has 1 aromatic rings. The molecule has 0 aromatic heterocycles. The van der Waals surface area contributed by atoms with Crippen LogP contribution < -0.4 is 4.74 Å². The number of aryl methyl sites for hydroxylation is 1. The highest BCUT2D eigenvalue weighted by Gasteiger charge is 2.24. The summed E-state index contributed by atoms with van der Waals surface area (Å²) in [6.45, 7) is 5.35. The molecule has 0 saturated heterocycles. The van der Waals surface area contributed by atoms with Crippen molar-refractivity contribution in [2.45, 2.75) is 77.7 Å². The van der Waals surface area contributed by atoms with E-state index in [4.69, 9.17) is 9.47 Å². The maximum absolute atomic E-state index is 11.8. The summed E-state index contributed by atoms with van der Waals surface area (Å²) in [5.74, 6) is -1.13. The van der Waals surface area contributed by atoms with Crippen molar-refractivity contribution in [2.75, 3.05) is 7.11 Å². The first-order chi connectivity index (χ1) is 12.7. The molecule has 5 nitrogen and oxygen atoms in total. The maximum atomic E-state index is 11.8. The lowest BCUT2D eigenvalue weighted by Gasteiger charge is -2.21. The Morgan fingerprint density at radius 3 is 2.15 bits per heavy atom. The fraction of sp³-hybridized carbons (Fsp3) is 0.636. The van der Waals surface area contributed by atoms with Crippen molar-refractivity contribution in [1.82, 2.24) is 0 Å². The lowest BCUT2D eigenvalue weighted by molar-refractivity contribution is -0.160. The third-order valence-electron chi connectivity index (χ3n) is 4.36. The van der Waals surface area contributed by atoms with Gasteiger partial charge in [-0.1, -0.05) is 37.8 Å². The van der Waals surface area contributed by atoms with Crippen LogP contribution in [0.2, 0.25) is 0 Å². The molecular formula is C22H34O5. The first-order valence-corrected chi connectivity index (χ1v) is 9.79. The van der Waals surface area contributed by atoms with Crippen LogP contribution in [0.5, 0.6) is 5.75 Å². The third-order valence-corrected chi connectivity index (χ3v) is 4.36. The van der Waals surface area contributed by atoms with Crippen LogP contribution in [0.4, 0.5) is 0 Å². The van der Waals surface area contributed by atoms with E-state index >= 15 is 0 Å². The topological polar surface area (TPSA) is 72.8 Å². The monoisotopic (exact) mass is 378 g/mol. The molecule has 0 aliphatic heterocycles. The maximum Gasteiger partial charge on any atom is 0.307 e. The first kappa shape index (κ1) is 23.0. The number of aliphatic carboxylic acids is 1. The fourth-order valence-electron chi connectivity index (χ4n) is 2.94. The number of carboxylic acid groups (broad SMARTS) is 1. The van der Waals surface area contributed by atoms with E-state index in [1.165, 1.54) is 5.56 Å². The summed E-state index contributed by atoms with van der Waals surface area (Å²) in [7, 11) is 1.66. The summed E-state index contributed by atoms with van der Waals surface area (Å²) in [5.41, 5.74) is 0.725. The van der Waals surface area contributed by atoms with E-state index in [0.29, 0.717) is 6.42 Å². The lowest BCUT2D eigenvalue weighted by atomic mass is 9.97. The van der Waals surface area contributed by atoms with Crippen molar-refractivity contribution < 1.29 is 24.2 Å². The molecule has 1 N–H and O–H groups in total. The summed E-state index contributed by atoms with van der Waals surface area (Å²) in [6.07, 6.45) is 6.64. The molecule has 1 rings (SSSR count). The number of esters is 1. The lowest BCUT2D eigenvalue weighted by Crippen LogP contribution is -2.27. The molecule has 152 valence electrons. The number of carboxylic acids is 1. The van der Waals surface area contributed by atoms with Crippen LogP contribution in [0.3, 0.4) is 0 Å². The van der Waals surface area contributed by atoms with Crippen molar-refractivity contribution in [3.8, 4) is 5.75 Å². The average Bonchev–Trinajstić information content (AvgIpc) is 2.58. The Labute approximate surface area is 163 Å². The number of hydrogen-bond acceptors (Lipinski definition) is 4. The summed E-state index contributed by atoms with van der Waals surface area (Å²) in [5, 5.41) is 9.31. The highest BCUT2D eigenvalue weighted by molar-refractivity contribution is 5.78. The van der Waals surface area contributed by atoms with Crippen LogP contribution in [-0.2, 0) is 20.7 Å². The van der Waals surface area contributed by atoms with Gasteiger partial charge in [0.2, 0.25) is 0 Å². The molecule has 1 atom stereocenters. The summed E-state index contributed by atoms with van der Waals surface area (Å²) in [6, 6.07) is 8.14. The van der Waals surface area contributed by atoms with Gasteiger partial charge in [-0.25, -0.2) is 0 Å². The van der Waals surface area contributed by atoms with Gasteiger partial charge in [0.1, 0.15) is 11.4 Å². The van der Waals surface area contributed by atoms with Gasteiger partial charge in [0.05, 0.1) is 19.4 Å². The number of methoxy groups -OCH3 is 1. The Balaban J connectivity index is 2.18. The molecule has 0 radical (unpaired) electrons. The Bertz CT molecular complexity index is 571. The molecule has 0 fully saturated rings. The van der Waals surface area contributed by atoms with E-state index in [1.54, 1.807) is 27.9 Å². The molecule has 0 bridgehead atoms. The number of ether oxygens (including phenoxy) is 2. The van der Waals surface area contributed by atoms with Gasteiger partial charge in [-0.05, 0) is 57.7 Å². The quantitative estimate of drug-likeness (QED) is 0.409. The largest absolute Gasteiger partial charge is 0.497 e. The number of unbranched alkanes of at least 4 members (excludes halogenated alkanes) is 4. The molecule has 0 amide bonds. The molecule has 27 heavy (non-hydrogen) atoms. The zero-order chi connectivity index (χ0) is 20.3. The number of benzene rings is 1. The van der Waals surface area contributed by atoms with Gasteiger partial charge in [-0.15, -0.1) is 0 Å². The minimum Gasteiger partial charge on any atom is -0.497 e. The van der Waals surface area contributed by atoms with Crippen molar-refractivity contribution in [3.05, 3.63) is 29.8 Å². The van der Waals surface area contributed by atoms with Crippen LogP contribution in [0.1, 0.15) is 71.3 Å². The molecule has 0 heterocycles. The normalized spacial score (nSPS) is 12.4. The average molecular weight is 379 g/mol. The van der Waals surface area contributed by atoms with Crippen molar-refractivity contribution in [1.29, 1.82) is 0 Å². The zero-order valence-corrected chi connectivity index (χ0v) is 17.1. The van der Waals surface area contributed by atoms with Crippen LogP contribution >= 0.6 is 0 Å². The van der Waals surface area contributed by atoms with E-state index in [-0.39, 0.29) is 6.42 Å². The van der Waals surface area contributed by atoms with Crippen LogP contribution in [0.25, 0.3) is 0 Å². The van der Waals surface area contributed by atoms with E-state index in [2.05, 4.69) is 12.1 Å². The molecule has 0 spiro atoms. The highest BCUT2D eigenvalue weighted by atomic mass is 16.6. The van der Waals surface area contributed by atoms with Gasteiger partial charge in [0, 0.05) is 0 Å².